The lowest BCUT2D eigenvalue weighted by Gasteiger charge is -2.11. The van der Waals surface area contributed by atoms with Crippen LogP contribution in [0.4, 0.5) is 0 Å². The first-order valence-electron chi connectivity index (χ1n) is 6.26. The Morgan fingerprint density at radius 3 is 2.00 bits per heavy atom. The molecule has 0 spiro atoms. The lowest BCUT2D eigenvalue weighted by atomic mass is 9.94. The fourth-order valence-corrected chi connectivity index (χ4v) is 1.76. The van der Waals surface area contributed by atoms with Gasteiger partial charge < -0.3 is 0 Å². The molecular weight excluding hydrogens is 180 g/mol. The Hall–Kier alpha value is -0.780. The van der Waals surface area contributed by atoms with E-state index in [-0.39, 0.29) is 0 Å². The van der Waals surface area contributed by atoms with Crippen molar-refractivity contribution in [2.45, 2.75) is 52.9 Å². The first kappa shape index (κ1) is 12.3. The van der Waals surface area contributed by atoms with Gasteiger partial charge in [-0.25, -0.2) is 0 Å². The second-order valence-corrected chi connectivity index (χ2v) is 4.77. The summed E-state index contributed by atoms with van der Waals surface area (Å²) >= 11 is 0. The van der Waals surface area contributed by atoms with E-state index >= 15 is 0 Å². The minimum Gasteiger partial charge on any atom is -0.0651 e. The molecule has 0 bridgehead atoms. The van der Waals surface area contributed by atoms with Crippen molar-refractivity contribution in [1.29, 1.82) is 0 Å². The van der Waals surface area contributed by atoms with Crippen LogP contribution in [0.25, 0.3) is 0 Å². The van der Waals surface area contributed by atoms with Crippen LogP contribution in [0.1, 0.15) is 57.6 Å². The van der Waals surface area contributed by atoms with E-state index in [1.54, 1.807) is 0 Å². The van der Waals surface area contributed by atoms with Crippen molar-refractivity contribution in [3.05, 3.63) is 35.4 Å². The summed E-state index contributed by atoms with van der Waals surface area (Å²) in [5.74, 6) is 1.50. The largest absolute Gasteiger partial charge is 0.0651 e. The Kier molecular flexibility index (Phi) is 4.87. The molecular formula is C15H24. The third-order valence-electron chi connectivity index (χ3n) is 3.44. The number of rotatable bonds is 5. The molecule has 0 heteroatoms. The minimum atomic E-state index is 0.697. The maximum atomic E-state index is 2.32. The van der Waals surface area contributed by atoms with Gasteiger partial charge in [0.15, 0.2) is 0 Å². The van der Waals surface area contributed by atoms with Crippen LogP contribution in [0.3, 0.4) is 0 Å². The van der Waals surface area contributed by atoms with E-state index in [1.807, 2.05) is 0 Å². The SMILES string of the molecule is CCC(C)Cc1ccc(C(C)CC)cc1. The lowest BCUT2D eigenvalue weighted by molar-refractivity contribution is 0.560. The first-order chi connectivity index (χ1) is 7.17. The van der Waals surface area contributed by atoms with Crippen molar-refractivity contribution >= 4 is 0 Å². The fourth-order valence-electron chi connectivity index (χ4n) is 1.76. The van der Waals surface area contributed by atoms with Crippen molar-refractivity contribution < 1.29 is 0 Å². The highest BCUT2D eigenvalue weighted by molar-refractivity contribution is 5.25. The van der Waals surface area contributed by atoms with Crippen LogP contribution in [-0.2, 0) is 6.42 Å². The molecule has 84 valence electrons. The van der Waals surface area contributed by atoms with Crippen LogP contribution in [-0.4, -0.2) is 0 Å². The maximum absolute atomic E-state index is 2.32. The Balaban J connectivity index is 2.64. The molecule has 0 aliphatic heterocycles. The molecule has 0 radical (unpaired) electrons. The summed E-state index contributed by atoms with van der Waals surface area (Å²) in [6.45, 7) is 9.13. The smallest absolute Gasteiger partial charge is 0.0193 e. The average molecular weight is 204 g/mol. The molecule has 15 heavy (non-hydrogen) atoms. The van der Waals surface area contributed by atoms with Crippen molar-refractivity contribution in [1.82, 2.24) is 0 Å². The third kappa shape index (κ3) is 3.70. The minimum absolute atomic E-state index is 0.697. The topological polar surface area (TPSA) is 0 Å². The normalized spacial score (nSPS) is 14.9. The van der Waals surface area contributed by atoms with E-state index in [9.17, 15) is 0 Å². The zero-order valence-electron chi connectivity index (χ0n) is 10.6. The summed E-state index contributed by atoms with van der Waals surface area (Å²) in [6.07, 6.45) is 3.72. The molecule has 1 aromatic rings. The highest BCUT2D eigenvalue weighted by atomic mass is 14.1. The standard InChI is InChI=1S/C15H24/c1-5-12(3)11-14-7-9-15(10-8-14)13(4)6-2/h7-10,12-13H,5-6,11H2,1-4H3. The monoisotopic (exact) mass is 204 g/mol. The van der Waals surface area contributed by atoms with Gasteiger partial charge in [-0.3, -0.25) is 0 Å². The van der Waals surface area contributed by atoms with Gasteiger partial charge in [0.1, 0.15) is 0 Å². The lowest BCUT2D eigenvalue weighted by Crippen LogP contribution is -1.98. The number of hydrogen-bond donors (Lipinski definition) is 0. The van der Waals surface area contributed by atoms with Crippen LogP contribution < -0.4 is 0 Å². The summed E-state index contributed by atoms with van der Waals surface area (Å²) in [5.41, 5.74) is 2.96. The predicted octanol–water partition coefficient (Wildman–Crippen LogP) is 4.79. The van der Waals surface area contributed by atoms with Crippen molar-refractivity contribution in [2.24, 2.45) is 5.92 Å². The van der Waals surface area contributed by atoms with E-state index in [2.05, 4.69) is 52.0 Å². The van der Waals surface area contributed by atoms with Gasteiger partial charge in [0, 0.05) is 0 Å². The Labute approximate surface area is 94.7 Å². The van der Waals surface area contributed by atoms with Gasteiger partial charge in [-0.05, 0) is 35.8 Å². The third-order valence-corrected chi connectivity index (χ3v) is 3.44. The van der Waals surface area contributed by atoms with Gasteiger partial charge in [-0.1, -0.05) is 58.4 Å². The molecule has 0 heterocycles. The van der Waals surface area contributed by atoms with E-state index in [0.29, 0.717) is 5.92 Å². The van der Waals surface area contributed by atoms with Gasteiger partial charge in [-0.15, -0.1) is 0 Å². The highest BCUT2D eigenvalue weighted by Gasteiger charge is 2.04. The van der Waals surface area contributed by atoms with E-state index in [4.69, 9.17) is 0 Å². The second-order valence-electron chi connectivity index (χ2n) is 4.77. The zero-order valence-corrected chi connectivity index (χ0v) is 10.6. The van der Waals surface area contributed by atoms with Gasteiger partial charge in [0.05, 0.1) is 0 Å². The molecule has 0 aromatic heterocycles. The van der Waals surface area contributed by atoms with Crippen LogP contribution in [0.2, 0.25) is 0 Å². The van der Waals surface area contributed by atoms with Crippen LogP contribution in [0.15, 0.2) is 24.3 Å². The quantitative estimate of drug-likeness (QED) is 0.647. The molecule has 0 saturated heterocycles. The van der Waals surface area contributed by atoms with Gasteiger partial charge in [0.25, 0.3) is 0 Å². The molecule has 1 rings (SSSR count). The molecule has 2 unspecified atom stereocenters. The summed E-state index contributed by atoms with van der Waals surface area (Å²) in [7, 11) is 0. The molecule has 0 aliphatic rings. The fraction of sp³-hybridized carbons (Fsp3) is 0.600. The van der Waals surface area contributed by atoms with Crippen molar-refractivity contribution in [3.63, 3.8) is 0 Å². The molecule has 0 fully saturated rings. The average Bonchev–Trinajstić information content (AvgIpc) is 2.29. The van der Waals surface area contributed by atoms with Crippen LogP contribution in [0.5, 0.6) is 0 Å². The molecule has 0 N–H and O–H groups in total. The zero-order chi connectivity index (χ0) is 11.3. The van der Waals surface area contributed by atoms with E-state index in [1.165, 1.54) is 30.4 Å². The Morgan fingerprint density at radius 2 is 1.53 bits per heavy atom. The number of hydrogen-bond acceptors (Lipinski definition) is 0. The summed E-state index contributed by atoms with van der Waals surface area (Å²) in [6, 6.07) is 9.19. The highest BCUT2D eigenvalue weighted by Crippen LogP contribution is 2.20. The van der Waals surface area contributed by atoms with E-state index in [0.717, 1.165) is 5.92 Å². The molecule has 0 nitrogen and oxygen atoms in total. The van der Waals surface area contributed by atoms with Crippen molar-refractivity contribution in [2.75, 3.05) is 0 Å². The molecule has 2 atom stereocenters. The summed E-state index contributed by atoms with van der Waals surface area (Å²) in [4.78, 5) is 0. The van der Waals surface area contributed by atoms with Crippen LogP contribution in [0, 0.1) is 5.92 Å². The van der Waals surface area contributed by atoms with Crippen molar-refractivity contribution in [3.8, 4) is 0 Å². The number of benzene rings is 1. The predicted molar refractivity (Wildman–Crippen MR) is 68.3 cm³/mol. The van der Waals surface area contributed by atoms with Gasteiger partial charge in [0.2, 0.25) is 0 Å². The molecule has 0 aliphatic carbocycles. The first-order valence-corrected chi connectivity index (χ1v) is 6.26. The second kappa shape index (κ2) is 5.95. The molecule has 0 saturated carbocycles. The molecule has 1 aromatic carbocycles. The summed E-state index contributed by atoms with van der Waals surface area (Å²) < 4.78 is 0. The summed E-state index contributed by atoms with van der Waals surface area (Å²) in [5, 5.41) is 0. The Morgan fingerprint density at radius 1 is 0.933 bits per heavy atom. The van der Waals surface area contributed by atoms with Gasteiger partial charge in [-0.2, -0.15) is 0 Å². The maximum Gasteiger partial charge on any atom is -0.0193 e. The molecule has 0 amide bonds. The van der Waals surface area contributed by atoms with E-state index < -0.39 is 0 Å². The Bertz CT molecular complexity index is 271. The van der Waals surface area contributed by atoms with Gasteiger partial charge >= 0.3 is 0 Å². The van der Waals surface area contributed by atoms with Crippen LogP contribution >= 0.6 is 0 Å².